The quantitative estimate of drug-likeness (QED) is 0.453. The summed E-state index contributed by atoms with van der Waals surface area (Å²) in [6.45, 7) is 8.34. The first-order valence-corrected chi connectivity index (χ1v) is 9.07. The molecule has 0 saturated carbocycles. The molecule has 0 aliphatic carbocycles. The monoisotopic (exact) mass is 359 g/mol. The van der Waals surface area contributed by atoms with Crippen molar-refractivity contribution in [2.45, 2.75) is 34.3 Å². The van der Waals surface area contributed by atoms with Crippen molar-refractivity contribution >= 4 is 5.71 Å². The number of rotatable bonds is 5. The highest BCUT2D eigenvalue weighted by atomic mass is 16.6. The molecular formula is C24H25NO2. The van der Waals surface area contributed by atoms with Crippen LogP contribution < -0.4 is 0 Å². The molecule has 0 radical (unpaired) electrons. The standard InChI is InChI=1S/C24H25NO2/c1-16-5-9-20(10-6-16)15-27-25-19(4)22-14-24(26)18(3)13-23(22)21-11-7-17(2)8-12-21/h5-14,26H,15H2,1-4H3/b25-19+. The number of aromatic hydroxyl groups is 1. The lowest BCUT2D eigenvalue weighted by Gasteiger charge is -2.13. The van der Waals surface area contributed by atoms with Gasteiger partial charge in [-0.25, -0.2) is 0 Å². The number of hydrogen-bond acceptors (Lipinski definition) is 3. The molecule has 3 rings (SSSR count). The molecule has 0 aliphatic heterocycles. The smallest absolute Gasteiger partial charge is 0.142 e. The van der Waals surface area contributed by atoms with Gasteiger partial charge in [0.05, 0.1) is 5.71 Å². The molecule has 0 aliphatic rings. The Morgan fingerprint density at radius 2 is 1.48 bits per heavy atom. The average Bonchev–Trinajstić information content (AvgIpc) is 2.66. The van der Waals surface area contributed by atoms with Gasteiger partial charge in [-0.1, -0.05) is 64.8 Å². The van der Waals surface area contributed by atoms with E-state index in [1.165, 1.54) is 11.1 Å². The fourth-order valence-electron chi connectivity index (χ4n) is 2.90. The SMILES string of the molecule is C/C(=N\OCc1ccc(C)cc1)c1cc(O)c(C)cc1-c1ccc(C)cc1. The van der Waals surface area contributed by atoms with Crippen molar-refractivity contribution < 1.29 is 9.94 Å². The Morgan fingerprint density at radius 1 is 0.889 bits per heavy atom. The van der Waals surface area contributed by atoms with E-state index in [4.69, 9.17) is 4.84 Å². The summed E-state index contributed by atoms with van der Waals surface area (Å²) in [7, 11) is 0. The Labute approximate surface area is 160 Å². The lowest BCUT2D eigenvalue weighted by molar-refractivity contribution is 0.130. The third kappa shape index (κ3) is 4.56. The van der Waals surface area contributed by atoms with Crippen molar-refractivity contribution in [3.05, 3.63) is 88.5 Å². The van der Waals surface area contributed by atoms with Gasteiger partial charge < -0.3 is 9.94 Å². The summed E-state index contributed by atoms with van der Waals surface area (Å²) in [5.74, 6) is 0.258. The fraction of sp³-hybridized carbons (Fsp3) is 0.208. The molecule has 0 bridgehead atoms. The zero-order valence-electron chi connectivity index (χ0n) is 16.3. The Bertz CT molecular complexity index is 955. The van der Waals surface area contributed by atoms with Crippen LogP contribution in [0, 0.1) is 20.8 Å². The van der Waals surface area contributed by atoms with Crippen LogP contribution in [0.3, 0.4) is 0 Å². The predicted octanol–water partition coefficient (Wildman–Crippen LogP) is 5.93. The topological polar surface area (TPSA) is 41.8 Å². The molecule has 3 heteroatoms. The van der Waals surface area contributed by atoms with Gasteiger partial charge in [0.1, 0.15) is 12.4 Å². The van der Waals surface area contributed by atoms with E-state index in [0.717, 1.165) is 33.5 Å². The van der Waals surface area contributed by atoms with Crippen LogP contribution in [0.1, 0.15) is 34.7 Å². The zero-order valence-corrected chi connectivity index (χ0v) is 16.3. The van der Waals surface area contributed by atoms with Crippen LogP contribution in [0.2, 0.25) is 0 Å². The second kappa shape index (κ2) is 8.09. The highest BCUT2D eigenvalue weighted by Crippen LogP contribution is 2.31. The van der Waals surface area contributed by atoms with Gasteiger partial charge in [-0.3, -0.25) is 0 Å². The molecular weight excluding hydrogens is 334 g/mol. The summed E-state index contributed by atoms with van der Waals surface area (Å²) in [4.78, 5) is 5.56. The van der Waals surface area contributed by atoms with Crippen LogP contribution >= 0.6 is 0 Å². The Kier molecular flexibility index (Phi) is 5.60. The third-order valence-electron chi connectivity index (χ3n) is 4.64. The molecule has 27 heavy (non-hydrogen) atoms. The summed E-state index contributed by atoms with van der Waals surface area (Å²) >= 11 is 0. The molecule has 138 valence electrons. The van der Waals surface area contributed by atoms with Crippen molar-refractivity contribution in [2.24, 2.45) is 5.16 Å². The largest absolute Gasteiger partial charge is 0.508 e. The summed E-state index contributed by atoms with van der Waals surface area (Å²) < 4.78 is 0. The molecule has 0 saturated heterocycles. The van der Waals surface area contributed by atoms with E-state index in [1.807, 2.05) is 32.0 Å². The summed E-state index contributed by atoms with van der Waals surface area (Å²) in [5, 5.41) is 14.5. The predicted molar refractivity (Wildman–Crippen MR) is 111 cm³/mol. The minimum atomic E-state index is 0.258. The summed E-state index contributed by atoms with van der Waals surface area (Å²) in [5.41, 5.74) is 8.06. The normalized spacial score (nSPS) is 11.5. The lowest BCUT2D eigenvalue weighted by atomic mass is 9.94. The van der Waals surface area contributed by atoms with E-state index in [-0.39, 0.29) is 5.75 Å². The molecule has 3 nitrogen and oxygen atoms in total. The maximum Gasteiger partial charge on any atom is 0.142 e. The molecule has 0 fully saturated rings. The van der Waals surface area contributed by atoms with E-state index < -0.39 is 0 Å². The van der Waals surface area contributed by atoms with Gasteiger partial charge in [0.25, 0.3) is 0 Å². The van der Waals surface area contributed by atoms with Crippen molar-refractivity contribution in [3.8, 4) is 16.9 Å². The molecule has 0 aromatic heterocycles. The molecule has 0 unspecified atom stereocenters. The van der Waals surface area contributed by atoms with Gasteiger partial charge in [0.2, 0.25) is 0 Å². The molecule has 0 spiro atoms. The number of phenolic OH excluding ortho intramolecular Hbond substituents is 1. The van der Waals surface area contributed by atoms with Crippen molar-refractivity contribution in [3.63, 3.8) is 0 Å². The number of nitrogens with zero attached hydrogens (tertiary/aromatic N) is 1. The van der Waals surface area contributed by atoms with Crippen LogP contribution in [0.5, 0.6) is 5.75 Å². The van der Waals surface area contributed by atoms with Crippen LogP contribution in [0.15, 0.2) is 65.8 Å². The van der Waals surface area contributed by atoms with E-state index in [0.29, 0.717) is 6.61 Å². The Morgan fingerprint density at radius 3 is 2.11 bits per heavy atom. The van der Waals surface area contributed by atoms with Crippen molar-refractivity contribution in [1.82, 2.24) is 0 Å². The number of oxime groups is 1. The number of benzene rings is 3. The van der Waals surface area contributed by atoms with Crippen LogP contribution in [-0.4, -0.2) is 10.8 Å². The Balaban J connectivity index is 1.88. The first-order valence-electron chi connectivity index (χ1n) is 9.07. The Hall–Kier alpha value is -3.07. The van der Waals surface area contributed by atoms with Gasteiger partial charge in [-0.05, 0) is 62.1 Å². The number of phenols is 1. The van der Waals surface area contributed by atoms with E-state index >= 15 is 0 Å². The van der Waals surface area contributed by atoms with E-state index in [2.05, 4.69) is 55.4 Å². The highest BCUT2D eigenvalue weighted by Gasteiger charge is 2.12. The zero-order chi connectivity index (χ0) is 19.4. The lowest BCUT2D eigenvalue weighted by Crippen LogP contribution is -2.01. The van der Waals surface area contributed by atoms with Gasteiger partial charge in [-0.2, -0.15) is 0 Å². The van der Waals surface area contributed by atoms with Crippen LogP contribution in [0.25, 0.3) is 11.1 Å². The first kappa shape index (κ1) is 18.7. The first-order chi connectivity index (χ1) is 12.9. The number of aryl methyl sites for hydroxylation is 3. The minimum Gasteiger partial charge on any atom is -0.508 e. The average molecular weight is 359 g/mol. The summed E-state index contributed by atoms with van der Waals surface area (Å²) in [6.07, 6.45) is 0. The van der Waals surface area contributed by atoms with E-state index in [1.54, 1.807) is 6.07 Å². The molecule has 0 atom stereocenters. The van der Waals surface area contributed by atoms with Gasteiger partial charge in [-0.15, -0.1) is 0 Å². The van der Waals surface area contributed by atoms with Gasteiger partial charge in [0, 0.05) is 5.56 Å². The molecule has 1 N–H and O–H groups in total. The molecule has 0 amide bonds. The maximum absolute atomic E-state index is 10.2. The molecule has 0 heterocycles. The summed E-state index contributed by atoms with van der Waals surface area (Å²) in [6, 6.07) is 20.3. The molecule has 3 aromatic carbocycles. The maximum atomic E-state index is 10.2. The van der Waals surface area contributed by atoms with E-state index in [9.17, 15) is 5.11 Å². The van der Waals surface area contributed by atoms with Gasteiger partial charge >= 0.3 is 0 Å². The third-order valence-corrected chi connectivity index (χ3v) is 4.64. The van der Waals surface area contributed by atoms with Crippen LogP contribution in [0.4, 0.5) is 0 Å². The minimum absolute atomic E-state index is 0.258. The number of hydrogen-bond donors (Lipinski definition) is 1. The fourth-order valence-corrected chi connectivity index (χ4v) is 2.90. The second-order valence-corrected chi connectivity index (χ2v) is 6.99. The van der Waals surface area contributed by atoms with Gasteiger partial charge in [0.15, 0.2) is 0 Å². The molecule has 3 aromatic rings. The van der Waals surface area contributed by atoms with Crippen molar-refractivity contribution in [1.29, 1.82) is 0 Å². The van der Waals surface area contributed by atoms with Crippen molar-refractivity contribution in [2.75, 3.05) is 0 Å². The van der Waals surface area contributed by atoms with Crippen LogP contribution in [-0.2, 0) is 11.4 Å². The second-order valence-electron chi connectivity index (χ2n) is 6.99. The highest BCUT2D eigenvalue weighted by molar-refractivity contribution is 6.04.